The van der Waals surface area contributed by atoms with Gasteiger partial charge in [-0.3, -0.25) is 9.59 Å². The van der Waals surface area contributed by atoms with Crippen LogP contribution in [-0.2, 0) is 15.8 Å². The van der Waals surface area contributed by atoms with Gasteiger partial charge in [0, 0.05) is 24.4 Å². The molecule has 3 unspecified atom stereocenters. The molecule has 1 aliphatic heterocycles. The normalized spacial score (nSPS) is 27.8. The lowest BCUT2D eigenvalue weighted by Crippen LogP contribution is -2.40. The molecule has 1 saturated carbocycles. The number of amides is 1. The van der Waals surface area contributed by atoms with Crippen LogP contribution in [0.25, 0.3) is 0 Å². The van der Waals surface area contributed by atoms with E-state index in [0.717, 1.165) is 16.7 Å². The van der Waals surface area contributed by atoms with Crippen molar-refractivity contribution in [2.45, 2.75) is 31.4 Å². The van der Waals surface area contributed by atoms with Gasteiger partial charge in [-0.1, -0.05) is 0 Å². The third-order valence-corrected chi connectivity index (χ3v) is 5.33. The van der Waals surface area contributed by atoms with E-state index in [-0.39, 0.29) is 11.8 Å². The summed E-state index contributed by atoms with van der Waals surface area (Å²) in [6, 6.07) is 0. The molecule has 1 saturated heterocycles. The van der Waals surface area contributed by atoms with E-state index in [9.17, 15) is 22.8 Å². The van der Waals surface area contributed by atoms with E-state index in [1.807, 2.05) is 0 Å². The van der Waals surface area contributed by atoms with Crippen molar-refractivity contribution in [3.63, 3.8) is 0 Å². The molecule has 1 N–H and O–H groups in total. The smallest absolute Gasteiger partial charge is 0.434 e. The Kier molecular flexibility index (Phi) is 4.07. The Hall–Kier alpha value is -1.64. The molecule has 3 rings (SSSR count). The van der Waals surface area contributed by atoms with Crippen LogP contribution in [0.4, 0.5) is 13.2 Å². The number of thiazole rings is 1. The molecule has 2 aliphatic rings. The largest absolute Gasteiger partial charge is 0.481 e. The van der Waals surface area contributed by atoms with Gasteiger partial charge in [0.2, 0.25) is 5.91 Å². The number of hydrogen-bond acceptors (Lipinski definition) is 4. The first-order chi connectivity index (χ1) is 10.8. The lowest BCUT2D eigenvalue weighted by molar-refractivity contribution is -0.142. The molecule has 2 fully saturated rings. The maximum absolute atomic E-state index is 12.6. The SMILES string of the molecule is O=C(O)C1CC1C(=O)N1CCCC(c2nc(C(F)(F)F)cs2)C1. The maximum atomic E-state index is 12.6. The van der Waals surface area contributed by atoms with Crippen molar-refractivity contribution in [2.75, 3.05) is 13.1 Å². The summed E-state index contributed by atoms with van der Waals surface area (Å²) < 4.78 is 37.9. The molecule has 1 amide bonds. The van der Waals surface area contributed by atoms with Gasteiger partial charge in [0.25, 0.3) is 0 Å². The molecule has 0 aromatic carbocycles. The van der Waals surface area contributed by atoms with Crippen LogP contribution in [0.2, 0.25) is 0 Å². The highest BCUT2D eigenvalue weighted by atomic mass is 32.1. The molecule has 2 heterocycles. The fraction of sp³-hybridized carbons (Fsp3) is 0.643. The monoisotopic (exact) mass is 348 g/mol. The van der Waals surface area contributed by atoms with Crippen LogP contribution in [0.1, 0.15) is 35.9 Å². The van der Waals surface area contributed by atoms with E-state index < -0.39 is 29.7 Å². The minimum absolute atomic E-state index is 0.199. The van der Waals surface area contributed by atoms with Crippen molar-refractivity contribution in [3.8, 4) is 0 Å². The fourth-order valence-electron chi connectivity index (χ4n) is 2.96. The Balaban J connectivity index is 1.66. The van der Waals surface area contributed by atoms with Gasteiger partial charge in [0.1, 0.15) is 0 Å². The highest BCUT2D eigenvalue weighted by molar-refractivity contribution is 7.09. The zero-order valence-electron chi connectivity index (χ0n) is 12.0. The van der Waals surface area contributed by atoms with Gasteiger partial charge in [0.05, 0.1) is 16.8 Å². The molecule has 0 spiro atoms. The van der Waals surface area contributed by atoms with Crippen molar-refractivity contribution >= 4 is 23.2 Å². The number of hydrogen-bond donors (Lipinski definition) is 1. The number of piperidine rings is 1. The van der Waals surface area contributed by atoms with Gasteiger partial charge < -0.3 is 10.0 Å². The minimum Gasteiger partial charge on any atom is -0.481 e. The quantitative estimate of drug-likeness (QED) is 0.911. The topological polar surface area (TPSA) is 70.5 Å². The number of aromatic nitrogens is 1. The van der Waals surface area contributed by atoms with E-state index in [0.29, 0.717) is 37.4 Å². The minimum atomic E-state index is -4.46. The first-order valence-electron chi connectivity index (χ1n) is 7.31. The van der Waals surface area contributed by atoms with E-state index in [1.165, 1.54) is 0 Å². The van der Waals surface area contributed by atoms with E-state index in [4.69, 9.17) is 5.11 Å². The predicted octanol–water partition coefficient (Wildman–Crippen LogP) is 2.59. The van der Waals surface area contributed by atoms with Crippen LogP contribution in [-0.4, -0.2) is 40.0 Å². The summed E-state index contributed by atoms with van der Waals surface area (Å²) in [5, 5.41) is 10.3. The molecular formula is C14H15F3N2O3S. The van der Waals surface area contributed by atoms with E-state index in [2.05, 4.69) is 4.98 Å². The average Bonchev–Trinajstić information content (AvgIpc) is 3.13. The number of aliphatic carboxylic acids is 1. The number of rotatable bonds is 3. The third kappa shape index (κ3) is 3.34. The van der Waals surface area contributed by atoms with Gasteiger partial charge >= 0.3 is 12.1 Å². The summed E-state index contributed by atoms with van der Waals surface area (Å²) in [7, 11) is 0. The van der Waals surface area contributed by atoms with Gasteiger partial charge in [-0.25, -0.2) is 4.98 Å². The molecule has 0 radical (unpaired) electrons. The molecule has 3 atom stereocenters. The number of likely N-dealkylation sites (tertiary alicyclic amines) is 1. The number of carbonyl (C=O) groups is 2. The van der Waals surface area contributed by atoms with E-state index in [1.54, 1.807) is 4.90 Å². The number of halogens is 3. The summed E-state index contributed by atoms with van der Waals surface area (Å²) in [6.07, 6.45) is -2.74. The maximum Gasteiger partial charge on any atom is 0.434 e. The van der Waals surface area contributed by atoms with Crippen molar-refractivity contribution < 1.29 is 27.9 Å². The van der Waals surface area contributed by atoms with Crippen molar-refractivity contribution in [1.82, 2.24) is 9.88 Å². The molecular weight excluding hydrogens is 333 g/mol. The Morgan fingerprint density at radius 3 is 2.65 bits per heavy atom. The van der Waals surface area contributed by atoms with Crippen molar-refractivity contribution in [2.24, 2.45) is 11.8 Å². The first kappa shape index (κ1) is 16.2. The fourth-order valence-corrected chi connectivity index (χ4v) is 3.91. The van der Waals surface area contributed by atoms with Gasteiger partial charge in [-0.2, -0.15) is 13.2 Å². The second-order valence-corrected chi connectivity index (χ2v) is 6.87. The summed E-state index contributed by atoms with van der Waals surface area (Å²) >= 11 is 0.963. The zero-order chi connectivity index (χ0) is 16.8. The molecule has 23 heavy (non-hydrogen) atoms. The molecule has 1 aliphatic carbocycles. The number of carbonyl (C=O) groups excluding carboxylic acids is 1. The predicted molar refractivity (Wildman–Crippen MR) is 74.9 cm³/mol. The first-order valence-corrected chi connectivity index (χ1v) is 8.19. The number of nitrogens with zero attached hydrogens (tertiary/aromatic N) is 2. The highest BCUT2D eigenvalue weighted by Crippen LogP contribution is 2.41. The Labute approximate surface area is 134 Å². The number of carboxylic acid groups (broad SMARTS) is 1. The Morgan fingerprint density at radius 2 is 2.09 bits per heavy atom. The molecule has 1 aromatic rings. The van der Waals surface area contributed by atoms with Gasteiger partial charge in [0.15, 0.2) is 5.69 Å². The summed E-state index contributed by atoms with van der Waals surface area (Å²) in [5.74, 6) is -2.47. The van der Waals surface area contributed by atoms with Crippen molar-refractivity contribution in [1.29, 1.82) is 0 Å². The van der Waals surface area contributed by atoms with Crippen LogP contribution in [0.5, 0.6) is 0 Å². The van der Waals surface area contributed by atoms with Crippen LogP contribution < -0.4 is 0 Å². The van der Waals surface area contributed by atoms with Crippen LogP contribution >= 0.6 is 11.3 Å². The summed E-state index contributed by atoms with van der Waals surface area (Å²) in [4.78, 5) is 28.4. The third-order valence-electron chi connectivity index (χ3n) is 4.32. The summed E-state index contributed by atoms with van der Waals surface area (Å²) in [6.45, 7) is 0.835. The van der Waals surface area contributed by atoms with Crippen molar-refractivity contribution in [3.05, 3.63) is 16.1 Å². The Bertz CT molecular complexity index is 631. The molecule has 5 nitrogen and oxygen atoms in total. The lowest BCUT2D eigenvalue weighted by atomic mass is 9.98. The highest BCUT2D eigenvalue weighted by Gasteiger charge is 2.50. The molecule has 0 bridgehead atoms. The summed E-state index contributed by atoms with van der Waals surface area (Å²) in [5.41, 5.74) is -0.894. The molecule has 9 heteroatoms. The lowest BCUT2D eigenvalue weighted by Gasteiger charge is -2.32. The number of alkyl halides is 3. The average molecular weight is 348 g/mol. The second kappa shape index (κ2) is 5.77. The van der Waals surface area contributed by atoms with Gasteiger partial charge in [-0.05, 0) is 19.3 Å². The molecule has 126 valence electrons. The van der Waals surface area contributed by atoms with Gasteiger partial charge in [-0.15, -0.1) is 11.3 Å². The van der Waals surface area contributed by atoms with E-state index >= 15 is 0 Å². The van der Waals surface area contributed by atoms with Crippen LogP contribution in [0.3, 0.4) is 0 Å². The van der Waals surface area contributed by atoms with Crippen LogP contribution in [0, 0.1) is 11.8 Å². The number of carboxylic acids is 1. The Morgan fingerprint density at radius 1 is 1.35 bits per heavy atom. The van der Waals surface area contributed by atoms with Crippen LogP contribution in [0.15, 0.2) is 5.38 Å². The second-order valence-electron chi connectivity index (χ2n) is 5.98. The standard InChI is InChI=1S/C14H15F3N2O3S/c15-14(16,17)10-6-23-11(18-10)7-2-1-3-19(5-7)12(20)8-4-9(8)13(21)22/h6-9H,1-5H2,(H,21,22). The zero-order valence-corrected chi connectivity index (χ0v) is 12.9. The molecule has 1 aromatic heterocycles.